The average Bonchev–Trinajstić information content (AvgIpc) is 3.47. The smallest absolute Gasteiger partial charge is 0.260 e. The number of anilines is 2. The van der Waals surface area contributed by atoms with Crippen LogP contribution in [0.5, 0.6) is 5.75 Å². The molecule has 1 N–H and O–H groups in total. The van der Waals surface area contributed by atoms with Crippen LogP contribution in [0.4, 0.5) is 11.4 Å². The molecule has 4 aromatic rings. The molecule has 3 heterocycles. The van der Waals surface area contributed by atoms with E-state index >= 15 is 0 Å². The Kier molecular flexibility index (Phi) is 12.4. The molecule has 1 unspecified atom stereocenters. The number of aromatic hydroxyl groups is 1. The lowest BCUT2D eigenvalue weighted by Crippen LogP contribution is -2.47. The maximum atomic E-state index is 14.8. The largest absolute Gasteiger partial charge is 0.508 e. The second-order valence-corrected chi connectivity index (χ2v) is 14.1. The summed E-state index contributed by atoms with van der Waals surface area (Å²) >= 11 is 6.65. The highest BCUT2D eigenvalue weighted by molar-refractivity contribution is 6.30. The highest BCUT2D eigenvalue weighted by atomic mass is 35.5. The van der Waals surface area contributed by atoms with Gasteiger partial charge < -0.3 is 24.4 Å². The Morgan fingerprint density at radius 3 is 2.32 bits per heavy atom. The molecule has 4 aromatic carbocycles. The molecule has 1 saturated heterocycles. The summed E-state index contributed by atoms with van der Waals surface area (Å²) in [6, 6.07) is 29.5. The molecule has 0 saturated carbocycles. The van der Waals surface area contributed by atoms with Crippen molar-refractivity contribution in [2.45, 2.75) is 38.4 Å². The van der Waals surface area contributed by atoms with Crippen LogP contribution < -0.4 is 4.90 Å². The molecule has 11 heteroatoms. The van der Waals surface area contributed by atoms with E-state index in [9.17, 15) is 14.7 Å². The third-order valence-corrected chi connectivity index (χ3v) is 10.8. The van der Waals surface area contributed by atoms with Gasteiger partial charge >= 0.3 is 0 Å². The summed E-state index contributed by atoms with van der Waals surface area (Å²) in [5.74, 6) is -0.123. The van der Waals surface area contributed by atoms with Crippen molar-refractivity contribution < 1.29 is 24.2 Å². The minimum atomic E-state index is -0.297. The summed E-state index contributed by atoms with van der Waals surface area (Å²) in [4.78, 5) is 37.4. The second kappa shape index (κ2) is 17.2. The zero-order chi connectivity index (χ0) is 36.2. The van der Waals surface area contributed by atoms with Crippen molar-refractivity contribution in [2.24, 2.45) is 0 Å². The number of carbonyl (C=O) groups excluding carboxylic acids is 2. The summed E-state index contributed by atoms with van der Waals surface area (Å²) in [6.07, 6.45) is 1.09. The van der Waals surface area contributed by atoms with E-state index in [0.29, 0.717) is 60.1 Å². The van der Waals surface area contributed by atoms with Crippen molar-refractivity contribution in [1.82, 2.24) is 14.7 Å². The zero-order valence-electron chi connectivity index (χ0n) is 30.1. The van der Waals surface area contributed by atoms with Crippen LogP contribution >= 0.6 is 24.0 Å². The van der Waals surface area contributed by atoms with Gasteiger partial charge in [-0.2, -0.15) is 0 Å². The Morgan fingerprint density at radius 1 is 0.906 bits per heavy atom. The molecule has 2 amide bonds. The molecule has 0 spiro atoms. The Hall–Kier alpha value is -4.38. The lowest BCUT2D eigenvalue weighted by Gasteiger charge is -2.38. The molecular weight excluding hydrogens is 711 g/mol. The maximum Gasteiger partial charge on any atom is 0.260 e. The molecular formula is C42H46Cl2N4O5. The van der Waals surface area contributed by atoms with Crippen molar-refractivity contribution in [3.05, 3.63) is 136 Å². The molecule has 1 fully saturated rings. The average molecular weight is 758 g/mol. The van der Waals surface area contributed by atoms with E-state index in [0.717, 1.165) is 49.7 Å². The van der Waals surface area contributed by atoms with Gasteiger partial charge in [-0.1, -0.05) is 54.1 Å². The highest BCUT2D eigenvalue weighted by Gasteiger charge is 2.38. The van der Waals surface area contributed by atoms with Crippen molar-refractivity contribution in [1.29, 1.82) is 0 Å². The molecule has 3 aliphatic heterocycles. The monoisotopic (exact) mass is 756 g/mol. The number of morpholine rings is 1. The summed E-state index contributed by atoms with van der Waals surface area (Å²) in [6.45, 7) is 7.59. The van der Waals surface area contributed by atoms with Gasteiger partial charge in [0, 0.05) is 72.9 Å². The van der Waals surface area contributed by atoms with Gasteiger partial charge in [-0.05, 0) is 84.6 Å². The van der Waals surface area contributed by atoms with Crippen molar-refractivity contribution >= 4 is 47.2 Å². The third-order valence-electron chi connectivity index (χ3n) is 10.6. The summed E-state index contributed by atoms with van der Waals surface area (Å²) in [5.41, 5.74) is 6.54. The molecule has 0 aromatic heterocycles. The highest BCUT2D eigenvalue weighted by Crippen LogP contribution is 2.42. The normalized spacial score (nSPS) is 18.8. The van der Waals surface area contributed by atoms with Crippen LogP contribution in [0, 0.1) is 0 Å². The molecule has 0 radical (unpaired) electrons. The number of allylic oxidation sites excluding steroid dienone is 1. The first-order valence-corrected chi connectivity index (χ1v) is 18.3. The molecule has 0 bridgehead atoms. The van der Waals surface area contributed by atoms with Gasteiger partial charge in [0.05, 0.1) is 38.5 Å². The first-order valence-electron chi connectivity index (χ1n) is 17.9. The first-order chi connectivity index (χ1) is 25.3. The molecule has 278 valence electrons. The molecule has 53 heavy (non-hydrogen) atoms. The molecule has 3 aliphatic rings. The van der Waals surface area contributed by atoms with E-state index in [1.165, 1.54) is 5.56 Å². The number of amides is 2. The predicted octanol–water partition coefficient (Wildman–Crippen LogP) is 7.40. The number of hydrogen-bond donors (Lipinski definition) is 1. The SMILES string of the molecule is CC1=C(C(=O)N(c2ccccc2)c2ccc(O)cc2)CC(c2cc(Cl)ccc2C(=O)N2Cc3ccccc3C[C@H]2COCCN2CCOCC2)N1C.Cl. The van der Waals surface area contributed by atoms with Crippen molar-refractivity contribution in [3.8, 4) is 5.75 Å². The van der Waals surface area contributed by atoms with Gasteiger partial charge in [0.15, 0.2) is 0 Å². The number of halogens is 2. The molecule has 9 nitrogen and oxygen atoms in total. The fourth-order valence-electron chi connectivity index (χ4n) is 7.55. The van der Waals surface area contributed by atoms with E-state index in [-0.39, 0.29) is 42.1 Å². The number of phenolic OH excluding ortho intramolecular Hbond substituents is 1. The minimum Gasteiger partial charge on any atom is -0.508 e. The van der Waals surface area contributed by atoms with Gasteiger partial charge in [0.25, 0.3) is 11.8 Å². The second-order valence-electron chi connectivity index (χ2n) is 13.7. The lowest BCUT2D eigenvalue weighted by molar-refractivity contribution is -0.114. The topological polar surface area (TPSA) is 85.8 Å². The van der Waals surface area contributed by atoms with Gasteiger partial charge in [-0.3, -0.25) is 19.4 Å². The van der Waals surface area contributed by atoms with E-state index in [2.05, 4.69) is 28.0 Å². The summed E-state index contributed by atoms with van der Waals surface area (Å²) in [7, 11) is 1.96. The summed E-state index contributed by atoms with van der Waals surface area (Å²) in [5, 5.41) is 10.5. The Morgan fingerprint density at radius 2 is 1.58 bits per heavy atom. The molecule has 7 rings (SSSR count). The van der Waals surface area contributed by atoms with Crippen LogP contribution in [0.3, 0.4) is 0 Å². The van der Waals surface area contributed by atoms with Crippen LogP contribution in [0.2, 0.25) is 5.02 Å². The van der Waals surface area contributed by atoms with Crippen molar-refractivity contribution in [2.75, 3.05) is 58.0 Å². The number of rotatable bonds is 10. The number of phenols is 1. The minimum absolute atomic E-state index is 0. The van der Waals surface area contributed by atoms with Crippen LogP contribution in [0.15, 0.2) is 108 Å². The molecule has 2 atom stereocenters. The number of para-hydroxylation sites is 1. The summed E-state index contributed by atoms with van der Waals surface area (Å²) < 4.78 is 11.7. The standard InChI is InChI=1S/C42H45ClN4O5.ClH/c1-29-38(42(50)47(33-10-4-3-5-11-33)34-13-15-36(48)16-14-34)26-40(44(29)2)39-25-32(43)12-17-37(39)41(49)46-27-31-9-7-6-8-30(31)24-35(46)28-52-23-20-45-18-21-51-22-19-45;/h3-17,25,35,40,48H,18-24,26-28H2,1-2H3;1H/t35-,40?;/m0./s1. The first kappa shape index (κ1) is 38.3. The fraction of sp³-hybridized carbons (Fsp3) is 0.333. The maximum absolute atomic E-state index is 14.8. The Labute approximate surface area is 322 Å². The van der Waals surface area contributed by atoms with E-state index in [1.54, 1.807) is 35.2 Å². The Bertz CT molecular complexity index is 1930. The predicted molar refractivity (Wildman–Crippen MR) is 210 cm³/mol. The van der Waals surface area contributed by atoms with Crippen LogP contribution in [0.25, 0.3) is 0 Å². The fourth-order valence-corrected chi connectivity index (χ4v) is 7.73. The third kappa shape index (κ3) is 8.40. The Balaban J connectivity index is 0.00000481. The van der Waals surface area contributed by atoms with Crippen LogP contribution in [0.1, 0.15) is 46.4 Å². The number of nitrogens with zero attached hydrogens (tertiary/aromatic N) is 4. The van der Waals surface area contributed by atoms with Crippen LogP contribution in [-0.2, 0) is 27.2 Å². The van der Waals surface area contributed by atoms with Gasteiger partial charge in [-0.25, -0.2) is 0 Å². The van der Waals surface area contributed by atoms with E-state index < -0.39 is 0 Å². The van der Waals surface area contributed by atoms with Gasteiger partial charge in [0.2, 0.25) is 0 Å². The number of ether oxygens (including phenoxy) is 2. The number of benzene rings is 4. The van der Waals surface area contributed by atoms with E-state index in [1.807, 2.05) is 67.4 Å². The number of fused-ring (bicyclic) bond motifs is 1. The lowest BCUT2D eigenvalue weighted by atomic mass is 9.91. The quantitative estimate of drug-likeness (QED) is 0.169. The van der Waals surface area contributed by atoms with Crippen molar-refractivity contribution in [3.63, 3.8) is 0 Å². The van der Waals surface area contributed by atoms with E-state index in [4.69, 9.17) is 21.1 Å². The number of hydrogen-bond acceptors (Lipinski definition) is 7. The zero-order valence-corrected chi connectivity index (χ0v) is 31.7. The molecule has 0 aliphatic carbocycles. The van der Waals surface area contributed by atoms with Crippen LogP contribution in [-0.4, -0.2) is 90.8 Å². The number of carbonyl (C=O) groups is 2. The van der Waals surface area contributed by atoms with Gasteiger partial charge in [-0.15, -0.1) is 12.4 Å². The van der Waals surface area contributed by atoms with Gasteiger partial charge in [0.1, 0.15) is 5.75 Å².